The van der Waals surface area contributed by atoms with E-state index in [4.69, 9.17) is 11.6 Å². The van der Waals surface area contributed by atoms with E-state index in [0.717, 1.165) is 4.47 Å². The van der Waals surface area contributed by atoms with Crippen molar-refractivity contribution in [1.29, 1.82) is 0 Å². The second kappa shape index (κ2) is 7.44. The van der Waals surface area contributed by atoms with E-state index in [0.29, 0.717) is 21.7 Å². The Morgan fingerprint density at radius 3 is 2.57 bits per heavy atom. The van der Waals surface area contributed by atoms with Gasteiger partial charge >= 0.3 is 11.9 Å². The first-order valence-electron chi connectivity index (χ1n) is 6.51. The van der Waals surface area contributed by atoms with Crippen LogP contribution in [0.25, 0.3) is 11.6 Å². The van der Waals surface area contributed by atoms with Gasteiger partial charge in [0.15, 0.2) is 0 Å². The van der Waals surface area contributed by atoms with Crippen LogP contribution in [-0.4, -0.2) is 24.2 Å². The number of methoxy groups -OCH3 is 1. The number of hydrogen-bond acceptors (Lipinski definition) is 3. The minimum atomic E-state index is -1.11. The number of rotatable bonds is 4. The maximum absolute atomic E-state index is 11.6. The van der Waals surface area contributed by atoms with Gasteiger partial charge in [-0.2, -0.15) is 0 Å². The predicted octanol–water partition coefficient (Wildman–Crippen LogP) is 4.51. The first-order chi connectivity index (χ1) is 10.9. The Bertz CT molecular complexity index is 799. The number of esters is 1. The van der Waals surface area contributed by atoms with Gasteiger partial charge in [-0.3, -0.25) is 0 Å². The molecule has 0 radical (unpaired) electrons. The smallest absolute Gasteiger partial charge is 0.337 e. The molecule has 0 fully saturated rings. The molecule has 0 aromatic heterocycles. The zero-order chi connectivity index (χ0) is 17.0. The highest BCUT2D eigenvalue weighted by molar-refractivity contribution is 9.10. The van der Waals surface area contributed by atoms with Crippen LogP contribution in [0.15, 0.2) is 46.9 Å². The van der Waals surface area contributed by atoms with Crippen LogP contribution in [0.4, 0.5) is 0 Å². The summed E-state index contributed by atoms with van der Waals surface area (Å²) in [5, 5.41) is 9.79. The lowest BCUT2D eigenvalue weighted by Gasteiger charge is -2.07. The molecule has 0 heterocycles. The van der Waals surface area contributed by atoms with Gasteiger partial charge in [-0.15, -0.1) is 0 Å². The van der Waals surface area contributed by atoms with Crippen LogP contribution in [0.3, 0.4) is 0 Å². The molecular weight excluding hydrogens is 384 g/mol. The number of carboxylic acids is 1. The minimum absolute atomic E-state index is 0.0320. The van der Waals surface area contributed by atoms with Crippen molar-refractivity contribution in [3.63, 3.8) is 0 Å². The summed E-state index contributed by atoms with van der Waals surface area (Å²) in [6, 6.07) is 11.5. The Hall–Kier alpha value is -2.11. The molecule has 0 saturated carbocycles. The summed E-state index contributed by atoms with van der Waals surface area (Å²) < 4.78 is 5.41. The molecule has 0 atom stereocenters. The maximum atomic E-state index is 11.6. The summed E-state index contributed by atoms with van der Waals surface area (Å²) in [5.41, 5.74) is 1.33. The molecule has 0 amide bonds. The Morgan fingerprint density at radius 2 is 1.96 bits per heavy atom. The van der Waals surface area contributed by atoms with Crippen LogP contribution in [0.2, 0.25) is 5.02 Å². The minimum Gasteiger partial charge on any atom is -0.478 e. The molecule has 23 heavy (non-hydrogen) atoms. The SMILES string of the molecule is COC(=O)c1cccc(C=C(C(=O)O)c2ccc(Br)cc2Cl)c1. The average Bonchev–Trinajstić information content (AvgIpc) is 2.52. The van der Waals surface area contributed by atoms with Crippen LogP contribution in [0, 0.1) is 0 Å². The van der Waals surface area contributed by atoms with E-state index in [1.54, 1.807) is 42.5 Å². The first-order valence-corrected chi connectivity index (χ1v) is 7.68. The van der Waals surface area contributed by atoms with Crippen molar-refractivity contribution in [2.75, 3.05) is 7.11 Å². The second-order valence-electron chi connectivity index (χ2n) is 4.60. The lowest BCUT2D eigenvalue weighted by Crippen LogP contribution is -2.02. The van der Waals surface area contributed by atoms with E-state index in [1.165, 1.54) is 13.2 Å². The van der Waals surface area contributed by atoms with E-state index in [-0.39, 0.29) is 5.57 Å². The highest BCUT2D eigenvalue weighted by atomic mass is 79.9. The molecule has 118 valence electrons. The van der Waals surface area contributed by atoms with E-state index in [2.05, 4.69) is 20.7 Å². The standard InChI is InChI=1S/C17H12BrClO4/c1-23-17(22)11-4-2-3-10(7-11)8-14(16(20)21)13-6-5-12(18)9-15(13)19/h2-9H,1H3,(H,20,21). The summed E-state index contributed by atoms with van der Waals surface area (Å²) in [4.78, 5) is 23.1. The molecule has 2 aromatic carbocycles. The van der Waals surface area contributed by atoms with Gasteiger partial charge in [0.25, 0.3) is 0 Å². The molecule has 1 N–H and O–H groups in total. The van der Waals surface area contributed by atoms with Crippen LogP contribution < -0.4 is 0 Å². The summed E-state index contributed by atoms with van der Waals surface area (Å²) in [7, 11) is 1.29. The van der Waals surface area contributed by atoms with Gasteiger partial charge in [-0.1, -0.05) is 45.7 Å². The fourth-order valence-electron chi connectivity index (χ4n) is 2.00. The third-order valence-corrected chi connectivity index (χ3v) is 3.88. The zero-order valence-electron chi connectivity index (χ0n) is 12.0. The highest BCUT2D eigenvalue weighted by Gasteiger charge is 2.15. The molecule has 2 aromatic rings. The number of benzene rings is 2. The fourth-order valence-corrected chi connectivity index (χ4v) is 2.78. The zero-order valence-corrected chi connectivity index (χ0v) is 14.4. The van der Waals surface area contributed by atoms with E-state index in [1.807, 2.05) is 0 Å². The maximum Gasteiger partial charge on any atom is 0.337 e. The molecule has 0 unspecified atom stereocenters. The van der Waals surface area contributed by atoms with E-state index < -0.39 is 11.9 Å². The summed E-state index contributed by atoms with van der Waals surface area (Å²) >= 11 is 9.41. The fraction of sp³-hybridized carbons (Fsp3) is 0.0588. The van der Waals surface area contributed by atoms with Crippen molar-refractivity contribution >= 4 is 51.1 Å². The Balaban J connectivity index is 2.52. The van der Waals surface area contributed by atoms with Gasteiger partial charge < -0.3 is 9.84 Å². The lowest BCUT2D eigenvalue weighted by molar-refractivity contribution is -0.130. The Morgan fingerprint density at radius 1 is 1.22 bits per heavy atom. The van der Waals surface area contributed by atoms with Crippen molar-refractivity contribution in [1.82, 2.24) is 0 Å². The normalized spacial score (nSPS) is 11.2. The van der Waals surface area contributed by atoms with Crippen molar-refractivity contribution in [2.45, 2.75) is 0 Å². The van der Waals surface area contributed by atoms with Crippen molar-refractivity contribution in [3.8, 4) is 0 Å². The van der Waals surface area contributed by atoms with Crippen LogP contribution in [-0.2, 0) is 9.53 Å². The second-order valence-corrected chi connectivity index (χ2v) is 5.93. The number of carboxylic acid groups (broad SMARTS) is 1. The number of carbonyl (C=O) groups excluding carboxylic acids is 1. The number of hydrogen-bond donors (Lipinski definition) is 1. The molecule has 0 aliphatic carbocycles. The molecule has 6 heteroatoms. The largest absolute Gasteiger partial charge is 0.478 e. The topological polar surface area (TPSA) is 63.6 Å². The molecule has 0 spiro atoms. The van der Waals surface area contributed by atoms with E-state index >= 15 is 0 Å². The summed E-state index contributed by atoms with van der Waals surface area (Å²) in [6.45, 7) is 0. The van der Waals surface area contributed by atoms with Gasteiger partial charge in [-0.25, -0.2) is 9.59 Å². The van der Waals surface area contributed by atoms with Crippen molar-refractivity contribution in [2.24, 2.45) is 0 Å². The number of halogens is 2. The van der Waals surface area contributed by atoms with Gasteiger partial charge in [0, 0.05) is 15.1 Å². The lowest BCUT2D eigenvalue weighted by atomic mass is 10.0. The predicted molar refractivity (Wildman–Crippen MR) is 92.4 cm³/mol. The molecule has 2 rings (SSSR count). The van der Waals surface area contributed by atoms with Gasteiger partial charge in [0.1, 0.15) is 0 Å². The highest BCUT2D eigenvalue weighted by Crippen LogP contribution is 2.29. The third-order valence-electron chi connectivity index (χ3n) is 3.07. The van der Waals surface area contributed by atoms with Crippen LogP contribution >= 0.6 is 27.5 Å². The van der Waals surface area contributed by atoms with Gasteiger partial charge in [-0.05, 0) is 35.9 Å². The monoisotopic (exact) mass is 394 g/mol. The van der Waals surface area contributed by atoms with E-state index in [9.17, 15) is 14.7 Å². The van der Waals surface area contributed by atoms with Crippen LogP contribution in [0.5, 0.6) is 0 Å². The quantitative estimate of drug-likeness (QED) is 0.470. The Kier molecular flexibility index (Phi) is 5.58. The molecule has 4 nitrogen and oxygen atoms in total. The molecule has 0 bridgehead atoms. The summed E-state index contributed by atoms with van der Waals surface area (Å²) in [5.74, 6) is -1.60. The first kappa shape index (κ1) is 17.2. The van der Waals surface area contributed by atoms with Crippen molar-refractivity contribution in [3.05, 3.63) is 68.7 Å². The molecule has 0 saturated heterocycles. The molecule has 0 aliphatic heterocycles. The van der Waals surface area contributed by atoms with Gasteiger partial charge in [0.2, 0.25) is 0 Å². The number of aliphatic carboxylic acids is 1. The van der Waals surface area contributed by atoms with Gasteiger partial charge in [0.05, 0.1) is 18.2 Å². The van der Waals surface area contributed by atoms with Crippen LogP contribution in [0.1, 0.15) is 21.5 Å². The summed E-state index contributed by atoms with van der Waals surface area (Å²) in [6.07, 6.45) is 1.46. The van der Waals surface area contributed by atoms with Crippen molar-refractivity contribution < 1.29 is 19.4 Å². The third kappa shape index (κ3) is 4.21. The Labute approximate surface area is 146 Å². The molecular formula is C17H12BrClO4. The number of carbonyl (C=O) groups is 2. The number of ether oxygens (including phenoxy) is 1. The average molecular weight is 396 g/mol. The molecule has 0 aliphatic rings.